The summed E-state index contributed by atoms with van der Waals surface area (Å²) in [6.45, 7) is 4.32. The molecule has 0 aliphatic heterocycles. The largest absolute Gasteiger partial charge is 0.722 e. The molecule has 0 unspecified atom stereocenters. The Bertz CT molecular complexity index is 1050. The molecule has 3 aromatic rings. The summed E-state index contributed by atoms with van der Waals surface area (Å²) in [4.78, 5) is 0. The minimum absolute atomic E-state index is 1.05. The first-order chi connectivity index (χ1) is 11.7. The van der Waals surface area contributed by atoms with E-state index in [9.17, 15) is 3.89 Å². The second-order valence-corrected chi connectivity index (χ2v) is 7.07. The summed E-state index contributed by atoms with van der Waals surface area (Å²) >= 11 is 0. The Labute approximate surface area is 147 Å². The highest BCUT2D eigenvalue weighted by atomic mass is 32.3. The van der Waals surface area contributed by atoms with Crippen LogP contribution in [0.3, 0.4) is 0 Å². The fourth-order valence-electron chi connectivity index (χ4n) is 3.23. The molecule has 0 amide bonds. The lowest BCUT2D eigenvalue weighted by molar-refractivity contribution is 0.417. The second-order valence-electron chi connectivity index (χ2n) is 6.28. The van der Waals surface area contributed by atoms with Gasteiger partial charge in [0, 0.05) is 29.0 Å². The van der Waals surface area contributed by atoms with Gasteiger partial charge in [-0.15, -0.1) is 3.89 Å². The van der Waals surface area contributed by atoms with Crippen LogP contribution in [0.5, 0.6) is 0 Å². The number of aryl methyl sites for hydroxylation is 2. The Morgan fingerprint density at radius 1 is 0.960 bits per heavy atom. The van der Waals surface area contributed by atoms with Gasteiger partial charge < -0.3 is 4.55 Å². The lowest BCUT2D eigenvalue weighted by Crippen LogP contribution is -2.06. The summed E-state index contributed by atoms with van der Waals surface area (Å²) in [6, 6.07) is 18.1. The highest BCUT2D eigenvalue weighted by Crippen LogP contribution is 2.34. The van der Waals surface area contributed by atoms with Crippen molar-refractivity contribution in [1.82, 2.24) is 0 Å². The molecule has 0 saturated heterocycles. The Morgan fingerprint density at radius 2 is 1.60 bits per heavy atom. The van der Waals surface area contributed by atoms with E-state index in [4.69, 9.17) is 13.0 Å². The SMILES string of the molecule is Cc1ccc2c(c1)Cc1ccc3cc(C)ccc3c1[CH+]2.O=S(=O)([O-])F. The highest BCUT2D eigenvalue weighted by molar-refractivity contribution is 7.80. The van der Waals surface area contributed by atoms with Crippen molar-refractivity contribution in [1.29, 1.82) is 0 Å². The van der Waals surface area contributed by atoms with Crippen LogP contribution in [0.25, 0.3) is 10.8 Å². The van der Waals surface area contributed by atoms with Crippen molar-refractivity contribution in [2.75, 3.05) is 0 Å². The van der Waals surface area contributed by atoms with Gasteiger partial charge in [-0.05, 0) is 61.4 Å². The van der Waals surface area contributed by atoms with Gasteiger partial charge in [0.05, 0.1) is 22.9 Å². The molecule has 5 heteroatoms. The summed E-state index contributed by atoms with van der Waals surface area (Å²) in [7, 11) is -5.42. The van der Waals surface area contributed by atoms with Crippen LogP contribution < -0.4 is 0 Å². The number of hydrogen-bond donors (Lipinski definition) is 0. The van der Waals surface area contributed by atoms with Crippen molar-refractivity contribution in [3.05, 3.63) is 88.3 Å². The molecule has 3 aromatic carbocycles. The Morgan fingerprint density at radius 3 is 2.32 bits per heavy atom. The number of benzene rings is 3. The Balaban J connectivity index is 0.000000324. The van der Waals surface area contributed by atoms with Crippen LogP contribution >= 0.6 is 0 Å². The van der Waals surface area contributed by atoms with Gasteiger partial charge in [-0.1, -0.05) is 6.07 Å². The van der Waals surface area contributed by atoms with Crippen LogP contribution in [0, 0.1) is 20.3 Å². The Kier molecular flexibility index (Phi) is 4.54. The summed E-state index contributed by atoms with van der Waals surface area (Å²) in [5, 5.41) is 2.72. The Hall–Kier alpha value is -2.37. The number of halogens is 1. The molecular weight excluding hydrogens is 339 g/mol. The summed E-state index contributed by atoms with van der Waals surface area (Å²) in [5.74, 6) is 0. The summed E-state index contributed by atoms with van der Waals surface area (Å²) in [6.07, 6.45) is 3.40. The average molecular weight is 356 g/mol. The minimum Gasteiger partial charge on any atom is -0.722 e. The zero-order valence-corrected chi connectivity index (χ0v) is 14.7. The maximum absolute atomic E-state index is 10.1. The quantitative estimate of drug-likeness (QED) is 0.267. The van der Waals surface area contributed by atoms with Gasteiger partial charge in [-0.25, -0.2) is 8.42 Å². The van der Waals surface area contributed by atoms with Crippen molar-refractivity contribution in [3.63, 3.8) is 0 Å². The van der Waals surface area contributed by atoms with Crippen molar-refractivity contribution in [2.24, 2.45) is 0 Å². The molecule has 0 aromatic heterocycles. The number of rotatable bonds is 0. The van der Waals surface area contributed by atoms with E-state index in [0.717, 1.165) is 6.42 Å². The van der Waals surface area contributed by atoms with Crippen molar-refractivity contribution >= 4 is 21.3 Å². The normalized spacial score (nSPS) is 12.5. The first kappa shape index (κ1) is 17.5. The van der Waals surface area contributed by atoms with E-state index in [1.165, 1.54) is 44.2 Å². The molecular formula is C20H17FO3S. The van der Waals surface area contributed by atoms with E-state index in [0.29, 0.717) is 0 Å². The monoisotopic (exact) mass is 356 g/mol. The molecule has 4 rings (SSSR count). The van der Waals surface area contributed by atoms with Crippen LogP contribution in [0.4, 0.5) is 3.89 Å². The lowest BCUT2D eigenvalue weighted by atomic mass is 9.83. The van der Waals surface area contributed by atoms with Crippen LogP contribution in [-0.2, 0) is 16.9 Å². The molecule has 0 spiro atoms. The molecule has 0 radical (unpaired) electrons. The maximum Gasteiger partial charge on any atom is 0.255 e. The van der Waals surface area contributed by atoms with Crippen LogP contribution in [0.1, 0.15) is 33.4 Å². The van der Waals surface area contributed by atoms with Gasteiger partial charge in [0.15, 0.2) is 0 Å². The van der Waals surface area contributed by atoms with E-state index in [-0.39, 0.29) is 0 Å². The van der Waals surface area contributed by atoms with E-state index >= 15 is 0 Å². The van der Waals surface area contributed by atoms with Gasteiger partial charge >= 0.3 is 0 Å². The third-order valence-electron chi connectivity index (χ3n) is 4.29. The molecule has 0 bridgehead atoms. The number of hydrogen-bond acceptors (Lipinski definition) is 3. The van der Waals surface area contributed by atoms with Gasteiger partial charge in [0.25, 0.3) is 10.5 Å². The first-order valence-electron chi connectivity index (χ1n) is 7.83. The van der Waals surface area contributed by atoms with Crippen molar-refractivity contribution < 1.29 is 16.9 Å². The van der Waals surface area contributed by atoms with Gasteiger partial charge in [-0.2, -0.15) is 0 Å². The topological polar surface area (TPSA) is 57.2 Å². The minimum atomic E-state index is -5.42. The van der Waals surface area contributed by atoms with Gasteiger partial charge in [0.1, 0.15) is 0 Å². The molecule has 0 saturated carbocycles. The molecule has 0 atom stereocenters. The van der Waals surface area contributed by atoms with E-state index in [2.05, 4.69) is 68.8 Å². The van der Waals surface area contributed by atoms with E-state index in [1.807, 2.05) is 0 Å². The first-order valence-corrected chi connectivity index (χ1v) is 9.13. The smallest absolute Gasteiger partial charge is 0.255 e. The zero-order chi connectivity index (χ0) is 18.2. The van der Waals surface area contributed by atoms with Crippen LogP contribution in [-0.4, -0.2) is 13.0 Å². The molecule has 1 aliphatic rings. The van der Waals surface area contributed by atoms with Crippen LogP contribution in [0.2, 0.25) is 0 Å². The second kappa shape index (κ2) is 6.50. The fourth-order valence-corrected chi connectivity index (χ4v) is 3.23. The predicted octanol–water partition coefficient (Wildman–Crippen LogP) is 4.38. The molecule has 1 aliphatic carbocycles. The van der Waals surface area contributed by atoms with Crippen molar-refractivity contribution in [2.45, 2.75) is 20.3 Å². The molecule has 0 heterocycles. The van der Waals surface area contributed by atoms with Gasteiger partial charge in [0.2, 0.25) is 0 Å². The predicted molar refractivity (Wildman–Crippen MR) is 96.0 cm³/mol. The summed E-state index contributed by atoms with van der Waals surface area (Å²) in [5.41, 5.74) is 8.33. The third-order valence-corrected chi connectivity index (χ3v) is 4.29. The average Bonchev–Trinajstić information content (AvgIpc) is 2.51. The zero-order valence-electron chi connectivity index (χ0n) is 13.9. The van der Waals surface area contributed by atoms with E-state index < -0.39 is 10.5 Å². The van der Waals surface area contributed by atoms with Crippen molar-refractivity contribution in [3.8, 4) is 0 Å². The molecule has 0 fully saturated rings. The molecule has 0 N–H and O–H groups in total. The summed E-state index contributed by atoms with van der Waals surface area (Å²) < 4.78 is 35.3. The maximum atomic E-state index is 10.1. The lowest BCUT2D eigenvalue weighted by Gasteiger charge is -2.15. The number of fused-ring (bicyclic) bond motifs is 4. The third kappa shape index (κ3) is 4.18. The molecule has 25 heavy (non-hydrogen) atoms. The standard InChI is InChI=1S/C20H17.FHO3S/c1-13-3-5-15-12-20-17(11-18(15)10-13)7-6-16-9-14(2)4-8-19(16)20;1-5(2,3)4/h3-10,12H,11H2,1-2H3;(H,2,3,4)/q+1;/p-1. The fraction of sp³-hybridized carbons (Fsp3) is 0.150. The molecule has 128 valence electrons. The van der Waals surface area contributed by atoms with Gasteiger partial charge in [-0.3, -0.25) is 0 Å². The van der Waals surface area contributed by atoms with E-state index in [1.54, 1.807) is 0 Å². The van der Waals surface area contributed by atoms with Crippen LogP contribution in [0.15, 0.2) is 48.5 Å². The highest BCUT2D eigenvalue weighted by Gasteiger charge is 2.24. The molecule has 3 nitrogen and oxygen atoms in total.